The smallest absolute Gasteiger partial charge is 0.108 e. The van der Waals surface area contributed by atoms with E-state index in [-0.39, 0.29) is 0 Å². The lowest BCUT2D eigenvalue weighted by Gasteiger charge is -2.17. The van der Waals surface area contributed by atoms with Crippen molar-refractivity contribution < 1.29 is 5.11 Å². The largest absolute Gasteiger partial charge is 0.390 e. The Bertz CT molecular complexity index is 273. The molecule has 1 aromatic rings. The average molecular weight is 196 g/mol. The zero-order valence-electron chi connectivity index (χ0n) is 9.32. The van der Waals surface area contributed by atoms with Crippen molar-refractivity contribution in [1.29, 1.82) is 0 Å². The summed E-state index contributed by atoms with van der Waals surface area (Å²) in [4.78, 5) is 4.29. The molecule has 1 aromatic heterocycles. The molecule has 0 radical (unpaired) electrons. The summed E-state index contributed by atoms with van der Waals surface area (Å²) in [5, 5.41) is 9.60. The van der Waals surface area contributed by atoms with E-state index in [2.05, 4.69) is 16.5 Å². The topological polar surface area (TPSA) is 38.0 Å². The van der Waals surface area contributed by atoms with Crippen LogP contribution in [0.5, 0.6) is 0 Å². The first-order chi connectivity index (χ1) is 6.53. The summed E-state index contributed by atoms with van der Waals surface area (Å²) in [6, 6.07) is 0. The van der Waals surface area contributed by atoms with E-state index in [9.17, 15) is 5.11 Å². The van der Waals surface area contributed by atoms with Crippen LogP contribution in [0, 0.1) is 0 Å². The fraction of sp³-hybridized carbons (Fsp3) is 0.727. The maximum absolute atomic E-state index is 9.60. The summed E-state index contributed by atoms with van der Waals surface area (Å²) in [7, 11) is 0. The van der Waals surface area contributed by atoms with Crippen molar-refractivity contribution in [1.82, 2.24) is 9.55 Å². The summed E-state index contributed by atoms with van der Waals surface area (Å²) in [6.07, 6.45) is 6.70. The second-order valence-electron chi connectivity index (χ2n) is 4.35. The number of aromatic nitrogens is 2. The van der Waals surface area contributed by atoms with Crippen LogP contribution in [0.15, 0.2) is 12.4 Å². The molecule has 0 aromatic carbocycles. The first kappa shape index (κ1) is 11.2. The van der Waals surface area contributed by atoms with Crippen LogP contribution in [0.1, 0.15) is 39.4 Å². The minimum absolute atomic E-state index is 0.590. The summed E-state index contributed by atoms with van der Waals surface area (Å²) in [6.45, 7) is 6.67. The Kier molecular flexibility index (Phi) is 3.69. The van der Waals surface area contributed by atoms with E-state index in [1.54, 1.807) is 0 Å². The summed E-state index contributed by atoms with van der Waals surface area (Å²) < 4.78 is 2.13. The SMILES string of the molecule is CCCc1nccn1CCC(C)(C)O. The van der Waals surface area contributed by atoms with Gasteiger partial charge in [-0.05, 0) is 26.7 Å². The van der Waals surface area contributed by atoms with E-state index in [0.717, 1.165) is 31.6 Å². The van der Waals surface area contributed by atoms with E-state index in [0.29, 0.717) is 0 Å². The molecule has 1 N–H and O–H groups in total. The summed E-state index contributed by atoms with van der Waals surface area (Å²) in [5.41, 5.74) is -0.590. The van der Waals surface area contributed by atoms with E-state index in [4.69, 9.17) is 0 Å². The van der Waals surface area contributed by atoms with Crippen molar-refractivity contribution in [2.45, 2.75) is 52.2 Å². The third kappa shape index (κ3) is 3.50. The van der Waals surface area contributed by atoms with Crippen LogP contribution < -0.4 is 0 Å². The van der Waals surface area contributed by atoms with Gasteiger partial charge < -0.3 is 9.67 Å². The Balaban J connectivity index is 2.53. The predicted molar refractivity (Wildman–Crippen MR) is 57.1 cm³/mol. The van der Waals surface area contributed by atoms with Crippen molar-refractivity contribution in [3.63, 3.8) is 0 Å². The Labute approximate surface area is 85.8 Å². The highest BCUT2D eigenvalue weighted by atomic mass is 16.3. The Morgan fingerprint density at radius 3 is 2.79 bits per heavy atom. The zero-order chi connectivity index (χ0) is 10.6. The number of hydrogen-bond acceptors (Lipinski definition) is 2. The molecule has 0 aliphatic heterocycles. The lowest BCUT2D eigenvalue weighted by molar-refractivity contribution is 0.0660. The van der Waals surface area contributed by atoms with Crippen LogP contribution in [-0.2, 0) is 13.0 Å². The molecule has 0 saturated carbocycles. The number of aliphatic hydroxyl groups is 1. The van der Waals surface area contributed by atoms with Gasteiger partial charge in [-0.3, -0.25) is 0 Å². The van der Waals surface area contributed by atoms with Gasteiger partial charge in [0.1, 0.15) is 5.82 Å². The van der Waals surface area contributed by atoms with E-state index in [1.165, 1.54) is 0 Å². The quantitative estimate of drug-likeness (QED) is 0.782. The van der Waals surface area contributed by atoms with Crippen molar-refractivity contribution in [3.8, 4) is 0 Å². The molecule has 0 fully saturated rings. The second-order valence-corrected chi connectivity index (χ2v) is 4.35. The molecule has 1 heterocycles. The van der Waals surface area contributed by atoms with Crippen LogP contribution in [-0.4, -0.2) is 20.3 Å². The molecule has 0 aliphatic carbocycles. The molecule has 14 heavy (non-hydrogen) atoms. The first-order valence-electron chi connectivity index (χ1n) is 5.25. The third-order valence-corrected chi connectivity index (χ3v) is 2.24. The van der Waals surface area contributed by atoms with Crippen LogP contribution in [0.2, 0.25) is 0 Å². The van der Waals surface area contributed by atoms with Crippen molar-refractivity contribution in [2.24, 2.45) is 0 Å². The molecular weight excluding hydrogens is 176 g/mol. The lowest BCUT2D eigenvalue weighted by atomic mass is 10.1. The van der Waals surface area contributed by atoms with Crippen molar-refractivity contribution in [3.05, 3.63) is 18.2 Å². The number of hydrogen-bond donors (Lipinski definition) is 1. The summed E-state index contributed by atoms with van der Waals surface area (Å²) >= 11 is 0. The highest BCUT2D eigenvalue weighted by Crippen LogP contribution is 2.10. The summed E-state index contributed by atoms with van der Waals surface area (Å²) in [5.74, 6) is 1.12. The van der Waals surface area contributed by atoms with E-state index in [1.807, 2.05) is 26.2 Å². The molecule has 0 atom stereocenters. The van der Waals surface area contributed by atoms with Crippen molar-refractivity contribution in [2.75, 3.05) is 0 Å². The molecule has 0 aliphatic rings. The van der Waals surface area contributed by atoms with Crippen LogP contribution in [0.25, 0.3) is 0 Å². The van der Waals surface area contributed by atoms with Gasteiger partial charge in [-0.25, -0.2) is 4.98 Å². The maximum Gasteiger partial charge on any atom is 0.108 e. The Morgan fingerprint density at radius 1 is 1.50 bits per heavy atom. The first-order valence-corrected chi connectivity index (χ1v) is 5.25. The number of aryl methyl sites for hydroxylation is 2. The van der Waals surface area contributed by atoms with Gasteiger partial charge in [-0.1, -0.05) is 6.92 Å². The lowest BCUT2D eigenvalue weighted by Crippen LogP contribution is -2.21. The molecule has 1 rings (SSSR count). The van der Waals surface area contributed by atoms with E-state index >= 15 is 0 Å². The van der Waals surface area contributed by atoms with Crippen LogP contribution in [0.3, 0.4) is 0 Å². The highest BCUT2D eigenvalue weighted by molar-refractivity contribution is 4.92. The maximum atomic E-state index is 9.60. The Morgan fingerprint density at radius 2 is 2.21 bits per heavy atom. The molecule has 0 saturated heterocycles. The molecule has 0 amide bonds. The van der Waals surface area contributed by atoms with Gasteiger partial charge in [0.2, 0.25) is 0 Å². The van der Waals surface area contributed by atoms with Gasteiger partial charge in [0.25, 0.3) is 0 Å². The predicted octanol–water partition coefficient (Wildman–Crippen LogP) is 2.00. The molecule has 3 heteroatoms. The van der Waals surface area contributed by atoms with Gasteiger partial charge in [0.15, 0.2) is 0 Å². The monoisotopic (exact) mass is 196 g/mol. The number of rotatable bonds is 5. The number of nitrogens with zero attached hydrogens (tertiary/aromatic N) is 2. The highest BCUT2D eigenvalue weighted by Gasteiger charge is 2.12. The molecule has 0 spiro atoms. The fourth-order valence-corrected chi connectivity index (χ4v) is 1.39. The second kappa shape index (κ2) is 4.60. The zero-order valence-corrected chi connectivity index (χ0v) is 9.32. The minimum atomic E-state index is -0.590. The van der Waals surface area contributed by atoms with Crippen LogP contribution in [0.4, 0.5) is 0 Å². The van der Waals surface area contributed by atoms with Gasteiger partial charge in [0.05, 0.1) is 5.60 Å². The van der Waals surface area contributed by atoms with Gasteiger partial charge >= 0.3 is 0 Å². The molecule has 3 nitrogen and oxygen atoms in total. The van der Waals surface area contributed by atoms with Crippen molar-refractivity contribution >= 4 is 0 Å². The number of imidazole rings is 1. The molecule has 0 bridgehead atoms. The minimum Gasteiger partial charge on any atom is -0.390 e. The fourth-order valence-electron chi connectivity index (χ4n) is 1.39. The normalized spacial score (nSPS) is 12.0. The van der Waals surface area contributed by atoms with E-state index < -0.39 is 5.60 Å². The van der Waals surface area contributed by atoms with Gasteiger partial charge in [-0.2, -0.15) is 0 Å². The molecule has 80 valence electrons. The molecule has 0 unspecified atom stereocenters. The van der Waals surface area contributed by atoms with Gasteiger partial charge in [0, 0.05) is 25.4 Å². The molecular formula is C11H20N2O. The third-order valence-electron chi connectivity index (χ3n) is 2.24. The van der Waals surface area contributed by atoms with Gasteiger partial charge in [-0.15, -0.1) is 0 Å². The Hall–Kier alpha value is -0.830. The standard InChI is InChI=1S/C11H20N2O/c1-4-5-10-12-7-9-13(10)8-6-11(2,3)14/h7,9,14H,4-6,8H2,1-3H3. The average Bonchev–Trinajstić information content (AvgIpc) is 2.48. The van der Waals surface area contributed by atoms with Crippen LogP contribution >= 0.6 is 0 Å².